The largest absolute Gasteiger partial charge is 0.310 e. The van der Waals surface area contributed by atoms with Crippen LogP contribution in [0.15, 0.2) is 24.3 Å². The fourth-order valence-electron chi connectivity index (χ4n) is 2.48. The van der Waals surface area contributed by atoms with Gasteiger partial charge in [-0.1, -0.05) is 24.3 Å². The number of nitrogens with one attached hydrogen (secondary N) is 1. The third-order valence-corrected chi connectivity index (χ3v) is 4.96. The lowest BCUT2D eigenvalue weighted by Gasteiger charge is -2.23. The standard InChI is InChI=1S/C15H24N2OS/c1-17(2)12-14-6-4-3-5-13(14)11-16-15-7-9-19(18)10-8-15/h3-6,15-16H,7-12H2,1-2H3. The van der Waals surface area contributed by atoms with Gasteiger partial charge >= 0.3 is 0 Å². The summed E-state index contributed by atoms with van der Waals surface area (Å²) in [5, 5.41) is 3.62. The molecule has 1 saturated heterocycles. The van der Waals surface area contributed by atoms with Crippen LogP contribution in [0.1, 0.15) is 24.0 Å². The Labute approximate surface area is 118 Å². The average molecular weight is 280 g/mol. The molecule has 19 heavy (non-hydrogen) atoms. The van der Waals surface area contributed by atoms with Crippen LogP contribution in [-0.4, -0.2) is 40.8 Å². The highest BCUT2D eigenvalue weighted by molar-refractivity contribution is 7.85. The predicted molar refractivity (Wildman–Crippen MR) is 81.6 cm³/mol. The van der Waals surface area contributed by atoms with Crippen LogP contribution in [0.4, 0.5) is 0 Å². The summed E-state index contributed by atoms with van der Waals surface area (Å²) in [6, 6.07) is 9.14. The molecule has 2 rings (SSSR count). The van der Waals surface area contributed by atoms with E-state index in [4.69, 9.17) is 0 Å². The van der Waals surface area contributed by atoms with Crippen molar-refractivity contribution in [3.05, 3.63) is 35.4 Å². The average Bonchev–Trinajstić information content (AvgIpc) is 2.39. The van der Waals surface area contributed by atoms with Crippen molar-refractivity contribution in [1.29, 1.82) is 0 Å². The van der Waals surface area contributed by atoms with Crippen LogP contribution in [0.2, 0.25) is 0 Å². The first-order chi connectivity index (χ1) is 9.15. The van der Waals surface area contributed by atoms with Crippen LogP contribution in [-0.2, 0) is 23.9 Å². The van der Waals surface area contributed by atoms with Gasteiger partial charge in [-0.3, -0.25) is 4.21 Å². The van der Waals surface area contributed by atoms with Crippen molar-refractivity contribution in [3.63, 3.8) is 0 Å². The number of hydrogen-bond donors (Lipinski definition) is 1. The molecule has 1 aliphatic rings. The topological polar surface area (TPSA) is 32.3 Å². The molecule has 1 heterocycles. The molecule has 0 aliphatic carbocycles. The second-order valence-corrected chi connectivity index (χ2v) is 7.21. The Balaban J connectivity index is 1.90. The van der Waals surface area contributed by atoms with Gasteiger partial charge in [0.2, 0.25) is 0 Å². The van der Waals surface area contributed by atoms with Gasteiger partial charge in [0.15, 0.2) is 0 Å². The van der Waals surface area contributed by atoms with Crippen molar-refractivity contribution in [2.45, 2.75) is 32.0 Å². The van der Waals surface area contributed by atoms with E-state index < -0.39 is 10.8 Å². The third-order valence-electron chi connectivity index (χ3n) is 3.57. The van der Waals surface area contributed by atoms with Gasteiger partial charge in [0.25, 0.3) is 0 Å². The fraction of sp³-hybridized carbons (Fsp3) is 0.600. The van der Waals surface area contributed by atoms with E-state index in [1.807, 2.05) is 0 Å². The van der Waals surface area contributed by atoms with Gasteiger partial charge in [0.05, 0.1) is 0 Å². The van der Waals surface area contributed by atoms with Crippen LogP contribution >= 0.6 is 0 Å². The molecule has 106 valence electrons. The highest BCUT2D eigenvalue weighted by Gasteiger charge is 2.17. The molecule has 0 spiro atoms. The highest BCUT2D eigenvalue weighted by atomic mass is 32.2. The van der Waals surface area contributed by atoms with Crippen molar-refractivity contribution < 1.29 is 4.21 Å². The molecule has 1 aromatic carbocycles. The van der Waals surface area contributed by atoms with Crippen molar-refractivity contribution in [1.82, 2.24) is 10.2 Å². The second kappa shape index (κ2) is 7.17. The normalized spacial score (nSPS) is 23.7. The Hall–Kier alpha value is -0.710. The lowest BCUT2D eigenvalue weighted by molar-refractivity contribution is 0.398. The van der Waals surface area contributed by atoms with Gasteiger partial charge in [-0.25, -0.2) is 0 Å². The molecular weight excluding hydrogens is 256 g/mol. The first-order valence-corrected chi connectivity index (χ1v) is 8.44. The van der Waals surface area contributed by atoms with Crippen LogP contribution in [0.25, 0.3) is 0 Å². The van der Waals surface area contributed by atoms with Gasteiger partial charge in [-0.2, -0.15) is 0 Å². The molecule has 0 aromatic heterocycles. The van der Waals surface area contributed by atoms with Crippen LogP contribution in [0.5, 0.6) is 0 Å². The molecule has 0 amide bonds. The van der Waals surface area contributed by atoms with E-state index in [0.717, 1.165) is 37.4 Å². The lowest BCUT2D eigenvalue weighted by Crippen LogP contribution is -2.35. The molecule has 0 unspecified atom stereocenters. The highest BCUT2D eigenvalue weighted by Crippen LogP contribution is 2.13. The minimum atomic E-state index is -0.568. The van der Waals surface area contributed by atoms with E-state index in [2.05, 4.69) is 48.6 Å². The van der Waals surface area contributed by atoms with E-state index in [9.17, 15) is 4.21 Å². The van der Waals surface area contributed by atoms with Crippen molar-refractivity contribution in [2.75, 3.05) is 25.6 Å². The van der Waals surface area contributed by atoms with E-state index in [1.54, 1.807) is 0 Å². The summed E-state index contributed by atoms with van der Waals surface area (Å²) < 4.78 is 11.3. The Morgan fingerprint density at radius 2 is 1.84 bits per heavy atom. The third kappa shape index (κ3) is 4.71. The van der Waals surface area contributed by atoms with Crippen LogP contribution < -0.4 is 5.32 Å². The molecule has 1 N–H and O–H groups in total. The second-order valence-electron chi connectivity index (χ2n) is 5.51. The Kier molecular flexibility index (Phi) is 5.55. The predicted octanol–water partition coefficient (Wildman–Crippen LogP) is 1.75. The lowest BCUT2D eigenvalue weighted by atomic mass is 10.1. The summed E-state index contributed by atoms with van der Waals surface area (Å²) in [5.74, 6) is 1.72. The maximum absolute atomic E-state index is 11.3. The molecule has 0 saturated carbocycles. The van der Waals surface area contributed by atoms with E-state index in [-0.39, 0.29) is 0 Å². The molecule has 1 aliphatic heterocycles. The Bertz CT molecular complexity index is 424. The SMILES string of the molecule is CN(C)Cc1ccccc1CNC1CCS(=O)CC1. The van der Waals surface area contributed by atoms with Crippen molar-refractivity contribution >= 4 is 10.8 Å². The van der Waals surface area contributed by atoms with Crippen LogP contribution in [0, 0.1) is 0 Å². The summed E-state index contributed by atoms with van der Waals surface area (Å²) >= 11 is 0. The fourth-order valence-corrected chi connectivity index (χ4v) is 3.78. The zero-order chi connectivity index (χ0) is 13.7. The number of hydrogen-bond acceptors (Lipinski definition) is 3. The Morgan fingerprint density at radius 3 is 2.47 bits per heavy atom. The molecule has 0 radical (unpaired) electrons. The zero-order valence-corrected chi connectivity index (χ0v) is 12.7. The van der Waals surface area contributed by atoms with E-state index in [1.165, 1.54) is 11.1 Å². The molecule has 1 fully saturated rings. The van der Waals surface area contributed by atoms with Gasteiger partial charge in [0, 0.05) is 41.4 Å². The van der Waals surface area contributed by atoms with E-state index in [0.29, 0.717) is 6.04 Å². The zero-order valence-electron chi connectivity index (χ0n) is 11.9. The maximum atomic E-state index is 11.3. The summed E-state index contributed by atoms with van der Waals surface area (Å²) in [6.07, 6.45) is 2.09. The van der Waals surface area contributed by atoms with Crippen molar-refractivity contribution in [2.24, 2.45) is 0 Å². The number of benzene rings is 1. The molecule has 3 nitrogen and oxygen atoms in total. The smallest absolute Gasteiger partial charge is 0.0249 e. The quantitative estimate of drug-likeness (QED) is 0.892. The minimum absolute atomic E-state index is 0.533. The molecule has 0 bridgehead atoms. The summed E-state index contributed by atoms with van der Waals surface area (Å²) in [7, 11) is 3.63. The molecule has 4 heteroatoms. The van der Waals surface area contributed by atoms with Crippen LogP contribution in [0.3, 0.4) is 0 Å². The van der Waals surface area contributed by atoms with Gasteiger partial charge in [0.1, 0.15) is 0 Å². The molecular formula is C15H24N2OS. The number of rotatable bonds is 5. The monoisotopic (exact) mass is 280 g/mol. The number of nitrogens with zero attached hydrogens (tertiary/aromatic N) is 1. The Morgan fingerprint density at radius 1 is 1.21 bits per heavy atom. The minimum Gasteiger partial charge on any atom is -0.310 e. The summed E-state index contributed by atoms with van der Waals surface area (Å²) in [6.45, 7) is 1.90. The summed E-state index contributed by atoms with van der Waals surface area (Å²) in [4.78, 5) is 2.20. The maximum Gasteiger partial charge on any atom is 0.0249 e. The molecule has 1 aromatic rings. The first-order valence-electron chi connectivity index (χ1n) is 6.95. The summed E-state index contributed by atoms with van der Waals surface area (Å²) in [5.41, 5.74) is 2.77. The van der Waals surface area contributed by atoms with Gasteiger partial charge < -0.3 is 10.2 Å². The first kappa shape index (κ1) is 14.7. The van der Waals surface area contributed by atoms with Gasteiger partial charge in [-0.05, 0) is 38.1 Å². The molecule has 0 atom stereocenters. The van der Waals surface area contributed by atoms with Crippen molar-refractivity contribution in [3.8, 4) is 0 Å². The van der Waals surface area contributed by atoms with E-state index >= 15 is 0 Å². The van der Waals surface area contributed by atoms with Gasteiger partial charge in [-0.15, -0.1) is 0 Å².